The smallest absolute Gasteiger partial charge is 0.334 e. The maximum Gasteiger partial charge on any atom is 0.334 e. The van der Waals surface area contributed by atoms with Gasteiger partial charge in [-0.2, -0.15) is 0 Å². The summed E-state index contributed by atoms with van der Waals surface area (Å²) in [5.74, 6) is -0.731. The lowest BCUT2D eigenvalue weighted by atomic mass is 10.0. The first-order valence-electron chi connectivity index (χ1n) is 7.82. The molecular formula is C19H16N2O6. The molecule has 0 aliphatic carbocycles. The number of nitro groups is 2. The number of para-hydroxylation sites is 2. The molecule has 0 spiro atoms. The molecule has 0 saturated heterocycles. The highest BCUT2D eigenvalue weighted by Gasteiger charge is 2.23. The van der Waals surface area contributed by atoms with E-state index in [9.17, 15) is 25.0 Å². The minimum Gasteiger partial charge on any atom is -0.450 e. The molecule has 2 rings (SSSR count). The fourth-order valence-corrected chi connectivity index (χ4v) is 2.30. The van der Waals surface area contributed by atoms with Gasteiger partial charge in [0.2, 0.25) is 0 Å². The van der Waals surface area contributed by atoms with Gasteiger partial charge in [0.05, 0.1) is 21.0 Å². The second-order valence-electron chi connectivity index (χ2n) is 5.60. The third kappa shape index (κ3) is 4.85. The molecule has 0 amide bonds. The summed E-state index contributed by atoms with van der Waals surface area (Å²) in [5.41, 5.74) is 0.174. The van der Waals surface area contributed by atoms with Gasteiger partial charge in [0.1, 0.15) is 0 Å². The number of benzene rings is 2. The van der Waals surface area contributed by atoms with Crippen molar-refractivity contribution in [2.45, 2.75) is 13.0 Å². The average Bonchev–Trinajstić information content (AvgIpc) is 2.64. The number of carbonyl (C=O) groups excluding carboxylic acids is 1. The van der Waals surface area contributed by atoms with E-state index in [0.29, 0.717) is 0 Å². The van der Waals surface area contributed by atoms with Gasteiger partial charge in [-0.05, 0) is 31.2 Å². The molecule has 0 N–H and O–H groups in total. The summed E-state index contributed by atoms with van der Waals surface area (Å²) in [6.45, 7) is 4.94. The molecule has 8 nitrogen and oxygen atoms in total. The van der Waals surface area contributed by atoms with Crippen molar-refractivity contribution in [2.75, 3.05) is 0 Å². The summed E-state index contributed by atoms with van der Waals surface area (Å²) in [6, 6.07) is 11.8. The van der Waals surface area contributed by atoms with Crippen LogP contribution in [0.25, 0.3) is 6.08 Å². The molecule has 0 aromatic heterocycles. The van der Waals surface area contributed by atoms with E-state index in [1.54, 1.807) is 12.1 Å². The first kappa shape index (κ1) is 19.5. The summed E-state index contributed by atoms with van der Waals surface area (Å²) in [7, 11) is 0. The molecular weight excluding hydrogens is 352 g/mol. The van der Waals surface area contributed by atoms with Gasteiger partial charge in [-0.3, -0.25) is 20.2 Å². The van der Waals surface area contributed by atoms with Gasteiger partial charge >= 0.3 is 5.97 Å². The van der Waals surface area contributed by atoms with Crippen LogP contribution in [-0.2, 0) is 9.53 Å². The van der Waals surface area contributed by atoms with Gasteiger partial charge in [-0.15, -0.1) is 0 Å². The molecule has 1 atom stereocenters. The van der Waals surface area contributed by atoms with Crippen molar-refractivity contribution in [1.82, 2.24) is 0 Å². The molecule has 0 bridgehead atoms. The Balaban J connectivity index is 2.49. The summed E-state index contributed by atoms with van der Waals surface area (Å²) in [5, 5.41) is 22.4. The van der Waals surface area contributed by atoms with Crippen LogP contribution >= 0.6 is 0 Å². The third-order valence-electron chi connectivity index (χ3n) is 3.61. The Morgan fingerprint density at radius 2 is 1.59 bits per heavy atom. The van der Waals surface area contributed by atoms with Crippen molar-refractivity contribution >= 4 is 23.4 Å². The van der Waals surface area contributed by atoms with Crippen LogP contribution in [0, 0.1) is 20.2 Å². The number of nitro benzene ring substituents is 2. The standard InChI is InChI=1S/C19H16N2O6/c1-13(2)19(22)27-18(15-8-4-6-10-17(15)21(25)26)12-11-14-7-3-5-9-16(14)20(23)24/h3-12,18H,1H2,2H3/b12-11+. The van der Waals surface area contributed by atoms with Crippen LogP contribution in [0.4, 0.5) is 11.4 Å². The van der Waals surface area contributed by atoms with Gasteiger partial charge in [0.15, 0.2) is 6.10 Å². The van der Waals surface area contributed by atoms with Crippen molar-refractivity contribution in [3.8, 4) is 0 Å². The van der Waals surface area contributed by atoms with E-state index in [0.717, 1.165) is 0 Å². The van der Waals surface area contributed by atoms with E-state index in [4.69, 9.17) is 4.74 Å². The maximum absolute atomic E-state index is 12.0. The minimum atomic E-state index is -1.12. The van der Waals surface area contributed by atoms with Crippen LogP contribution in [0.3, 0.4) is 0 Å². The second-order valence-corrected chi connectivity index (χ2v) is 5.60. The molecule has 27 heavy (non-hydrogen) atoms. The lowest BCUT2D eigenvalue weighted by Gasteiger charge is -2.15. The number of ether oxygens (including phenoxy) is 1. The van der Waals surface area contributed by atoms with Crippen molar-refractivity contribution in [1.29, 1.82) is 0 Å². The monoisotopic (exact) mass is 368 g/mol. The zero-order valence-electron chi connectivity index (χ0n) is 14.4. The molecule has 0 radical (unpaired) electrons. The molecule has 8 heteroatoms. The summed E-state index contributed by atoms with van der Waals surface area (Å²) in [6.07, 6.45) is 1.65. The molecule has 0 heterocycles. The fraction of sp³-hybridized carbons (Fsp3) is 0.105. The van der Waals surface area contributed by atoms with Gasteiger partial charge in [0.25, 0.3) is 11.4 Å². The molecule has 2 aromatic carbocycles. The SMILES string of the molecule is C=C(C)C(=O)OC(/C=C/c1ccccc1[N+](=O)[O-])c1ccccc1[N+](=O)[O-]. The summed E-state index contributed by atoms with van der Waals surface area (Å²) >= 11 is 0. The Labute approximate surface area is 154 Å². The van der Waals surface area contributed by atoms with Crippen LogP contribution < -0.4 is 0 Å². The van der Waals surface area contributed by atoms with Gasteiger partial charge in [0, 0.05) is 17.7 Å². The van der Waals surface area contributed by atoms with Crippen molar-refractivity contribution in [3.63, 3.8) is 0 Å². The fourth-order valence-electron chi connectivity index (χ4n) is 2.30. The van der Waals surface area contributed by atoms with Gasteiger partial charge in [-0.1, -0.05) is 30.8 Å². The summed E-state index contributed by atoms with van der Waals surface area (Å²) in [4.78, 5) is 33.3. The Kier molecular flexibility index (Phi) is 6.16. The molecule has 2 aromatic rings. The molecule has 138 valence electrons. The molecule has 0 aliphatic heterocycles. The Morgan fingerprint density at radius 3 is 2.19 bits per heavy atom. The normalized spacial score (nSPS) is 11.7. The van der Waals surface area contributed by atoms with Gasteiger partial charge < -0.3 is 4.74 Å². The van der Waals surface area contributed by atoms with Crippen molar-refractivity contribution < 1.29 is 19.4 Å². The molecule has 0 saturated carbocycles. The lowest BCUT2D eigenvalue weighted by Crippen LogP contribution is -2.11. The minimum absolute atomic E-state index is 0.123. The van der Waals surface area contributed by atoms with Crippen molar-refractivity contribution in [2.24, 2.45) is 0 Å². The zero-order chi connectivity index (χ0) is 20.0. The number of carbonyl (C=O) groups is 1. The Morgan fingerprint density at radius 1 is 1.04 bits per heavy atom. The maximum atomic E-state index is 12.0. The topological polar surface area (TPSA) is 113 Å². The molecule has 0 fully saturated rings. The highest BCUT2D eigenvalue weighted by Crippen LogP contribution is 2.30. The largest absolute Gasteiger partial charge is 0.450 e. The van der Waals surface area contributed by atoms with Crippen LogP contribution in [0.15, 0.2) is 66.8 Å². The highest BCUT2D eigenvalue weighted by molar-refractivity contribution is 5.87. The van der Waals surface area contributed by atoms with E-state index >= 15 is 0 Å². The van der Waals surface area contributed by atoms with Crippen LogP contribution in [-0.4, -0.2) is 15.8 Å². The quantitative estimate of drug-likeness (QED) is 0.310. The zero-order valence-corrected chi connectivity index (χ0v) is 14.4. The Hall–Kier alpha value is -3.81. The molecule has 0 aliphatic rings. The number of nitrogens with zero attached hydrogens (tertiary/aromatic N) is 2. The third-order valence-corrected chi connectivity index (χ3v) is 3.61. The second kappa shape index (κ2) is 8.52. The number of esters is 1. The number of hydrogen-bond acceptors (Lipinski definition) is 6. The number of rotatable bonds is 7. The van der Waals surface area contributed by atoms with E-state index < -0.39 is 21.9 Å². The molecule has 1 unspecified atom stereocenters. The van der Waals surface area contributed by atoms with Crippen LogP contribution in [0.2, 0.25) is 0 Å². The van der Waals surface area contributed by atoms with E-state index in [2.05, 4.69) is 6.58 Å². The average molecular weight is 368 g/mol. The first-order chi connectivity index (χ1) is 12.8. The lowest BCUT2D eigenvalue weighted by molar-refractivity contribution is -0.386. The Bertz CT molecular complexity index is 935. The van der Waals surface area contributed by atoms with Crippen LogP contribution in [0.5, 0.6) is 0 Å². The van der Waals surface area contributed by atoms with Gasteiger partial charge in [-0.25, -0.2) is 4.79 Å². The highest BCUT2D eigenvalue weighted by atomic mass is 16.6. The van der Waals surface area contributed by atoms with Crippen molar-refractivity contribution in [3.05, 3.63) is 98.1 Å². The summed E-state index contributed by atoms with van der Waals surface area (Å²) < 4.78 is 5.31. The first-order valence-corrected chi connectivity index (χ1v) is 7.82. The van der Waals surface area contributed by atoms with Crippen LogP contribution in [0.1, 0.15) is 24.2 Å². The van der Waals surface area contributed by atoms with E-state index in [-0.39, 0.29) is 28.1 Å². The van der Waals surface area contributed by atoms with E-state index in [1.807, 2.05) is 0 Å². The van der Waals surface area contributed by atoms with E-state index in [1.165, 1.54) is 55.5 Å². The predicted octanol–water partition coefficient (Wildman–Crippen LogP) is 4.38. The number of hydrogen-bond donors (Lipinski definition) is 0. The predicted molar refractivity (Wildman–Crippen MR) is 98.9 cm³/mol.